The Morgan fingerprint density at radius 3 is 2.45 bits per heavy atom. The van der Waals surface area contributed by atoms with Crippen LogP contribution in [-0.2, 0) is 20.0 Å². The highest BCUT2D eigenvalue weighted by atomic mass is 15.4. The van der Waals surface area contributed by atoms with Crippen LogP contribution in [0.2, 0.25) is 0 Å². The van der Waals surface area contributed by atoms with Gasteiger partial charge in [0.15, 0.2) is 17.3 Å². The summed E-state index contributed by atoms with van der Waals surface area (Å²) < 4.78 is 5.57. The second-order valence-corrected chi connectivity index (χ2v) is 10.2. The van der Waals surface area contributed by atoms with Crippen molar-refractivity contribution in [3.05, 3.63) is 85.0 Å². The Kier molecular flexibility index (Phi) is 6.33. The normalized spacial score (nSPS) is 13.9. The number of aryl methyl sites for hydroxylation is 1. The molecule has 0 bridgehead atoms. The van der Waals surface area contributed by atoms with Crippen molar-refractivity contribution in [1.29, 1.82) is 0 Å². The van der Waals surface area contributed by atoms with Crippen molar-refractivity contribution in [3.8, 4) is 33.8 Å². The van der Waals surface area contributed by atoms with E-state index in [1.165, 1.54) is 25.9 Å². The van der Waals surface area contributed by atoms with Crippen molar-refractivity contribution >= 4 is 5.65 Å². The number of benzene rings is 1. The first-order chi connectivity index (χ1) is 19.7. The van der Waals surface area contributed by atoms with Gasteiger partial charge in [0, 0.05) is 67.1 Å². The summed E-state index contributed by atoms with van der Waals surface area (Å²) in [5.41, 5.74) is 6.48. The summed E-state index contributed by atoms with van der Waals surface area (Å²) in [6, 6.07) is 12.1. The van der Waals surface area contributed by atoms with E-state index in [-0.39, 0.29) is 0 Å². The van der Waals surface area contributed by atoms with Gasteiger partial charge in [0.25, 0.3) is 0 Å². The lowest BCUT2D eigenvalue weighted by atomic mass is 10.1. The van der Waals surface area contributed by atoms with Gasteiger partial charge >= 0.3 is 0 Å². The molecule has 11 heteroatoms. The zero-order valence-corrected chi connectivity index (χ0v) is 22.3. The number of rotatable bonds is 8. The van der Waals surface area contributed by atoms with Crippen molar-refractivity contribution in [1.82, 2.24) is 54.2 Å². The molecule has 0 saturated carbocycles. The van der Waals surface area contributed by atoms with Gasteiger partial charge in [-0.05, 0) is 49.7 Å². The van der Waals surface area contributed by atoms with Crippen molar-refractivity contribution in [3.63, 3.8) is 0 Å². The first kappa shape index (κ1) is 24.3. The molecule has 1 aliphatic rings. The zero-order valence-electron chi connectivity index (χ0n) is 22.3. The third-order valence-corrected chi connectivity index (χ3v) is 7.34. The van der Waals surface area contributed by atoms with Crippen LogP contribution in [0.15, 0.2) is 73.6 Å². The van der Waals surface area contributed by atoms with Crippen LogP contribution in [0.1, 0.15) is 24.2 Å². The van der Waals surface area contributed by atoms with E-state index in [2.05, 4.69) is 53.6 Å². The number of aromatic nitrogens is 10. The van der Waals surface area contributed by atoms with Gasteiger partial charge in [-0.15, -0.1) is 10.2 Å². The summed E-state index contributed by atoms with van der Waals surface area (Å²) in [5.74, 6) is 1.44. The molecule has 6 aromatic rings. The summed E-state index contributed by atoms with van der Waals surface area (Å²) in [5, 5.41) is 22.3. The molecule has 6 heterocycles. The molecule has 0 atom stereocenters. The molecule has 5 aromatic heterocycles. The molecule has 1 fully saturated rings. The fraction of sp³-hybridized carbons (Fsp3) is 0.276. The summed E-state index contributed by atoms with van der Waals surface area (Å²) in [4.78, 5) is 11.8. The molecule has 1 saturated heterocycles. The Labute approximate surface area is 231 Å². The smallest absolute Gasteiger partial charge is 0.177 e. The van der Waals surface area contributed by atoms with Crippen LogP contribution in [0.3, 0.4) is 0 Å². The predicted octanol–water partition coefficient (Wildman–Crippen LogP) is 3.53. The van der Waals surface area contributed by atoms with Crippen molar-refractivity contribution in [2.75, 3.05) is 19.6 Å². The Balaban J connectivity index is 1.07. The lowest BCUT2D eigenvalue weighted by Gasteiger charge is -2.13. The van der Waals surface area contributed by atoms with Gasteiger partial charge in [-0.1, -0.05) is 18.2 Å². The van der Waals surface area contributed by atoms with Crippen LogP contribution >= 0.6 is 0 Å². The lowest BCUT2D eigenvalue weighted by molar-refractivity contribution is 0.316. The first-order valence-electron chi connectivity index (χ1n) is 13.5. The Bertz CT molecular complexity index is 1760. The van der Waals surface area contributed by atoms with Crippen molar-refractivity contribution in [2.24, 2.45) is 7.05 Å². The standard InChI is InChI=1S/C29H29N11/c1-37-19-25(18-32-37)26-7-8-27-34-35-28(40(27)36-26)14-21-5-4-6-22(13-21)29-30-15-23(16-31-29)24-17-33-39(20-24)12-11-38-9-2-3-10-38/h4-8,13,15-20H,2-3,9-12,14H2,1H3. The SMILES string of the molecule is Cn1cc(-c2ccc3nnc(Cc4cccc(-c5ncc(-c6cnn(CCN7CCCC7)c6)cn5)c4)n3n2)cn1. The monoisotopic (exact) mass is 531 g/mol. The molecule has 40 heavy (non-hydrogen) atoms. The number of hydrogen-bond donors (Lipinski definition) is 0. The number of fused-ring (bicyclic) bond motifs is 1. The molecule has 0 radical (unpaired) electrons. The number of likely N-dealkylation sites (tertiary alicyclic amines) is 1. The summed E-state index contributed by atoms with van der Waals surface area (Å²) >= 11 is 0. The van der Waals surface area contributed by atoms with E-state index < -0.39 is 0 Å². The molecule has 0 unspecified atom stereocenters. The molecular formula is C29H29N11. The summed E-state index contributed by atoms with van der Waals surface area (Å²) in [7, 11) is 1.89. The maximum absolute atomic E-state index is 4.77. The highest BCUT2D eigenvalue weighted by Crippen LogP contribution is 2.22. The molecule has 200 valence electrons. The number of nitrogens with zero attached hydrogens (tertiary/aromatic N) is 11. The quantitative estimate of drug-likeness (QED) is 0.294. The van der Waals surface area contributed by atoms with Gasteiger partial charge in [0.2, 0.25) is 0 Å². The van der Waals surface area contributed by atoms with Gasteiger partial charge in [0.05, 0.1) is 24.6 Å². The van der Waals surface area contributed by atoms with E-state index in [1.54, 1.807) is 15.4 Å². The molecular weight excluding hydrogens is 502 g/mol. The average Bonchev–Trinajstić information content (AvgIpc) is 3.81. The maximum atomic E-state index is 4.77. The minimum Gasteiger partial charge on any atom is -0.301 e. The number of hydrogen-bond acceptors (Lipinski definition) is 8. The predicted molar refractivity (Wildman–Crippen MR) is 150 cm³/mol. The van der Waals surface area contributed by atoms with Gasteiger partial charge in [0.1, 0.15) is 0 Å². The zero-order chi connectivity index (χ0) is 26.9. The topological polar surface area (TPSA) is 108 Å². The third kappa shape index (κ3) is 4.98. The maximum Gasteiger partial charge on any atom is 0.177 e. The molecule has 7 rings (SSSR count). The second kappa shape index (κ2) is 10.4. The fourth-order valence-corrected chi connectivity index (χ4v) is 5.17. The molecule has 0 N–H and O–H groups in total. The van der Waals surface area contributed by atoms with E-state index in [4.69, 9.17) is 5.10 Å². The fourth-order valence-electron chi connectivity index (χ4n) is 5.17. The summed E-state index contributed by atoms with van der Waals surface area (Å²) in [6.45, 7) is 4.33. The molecule has 0 spiro atoms. The van der Waals surface area contributed by atoms with Crippen molar-refractivity contribution < 1.29 is 0 Å². The van der Waals surface area contributed by atoms with Crippen LogP contribution in [0.25, 0.3) is 39.4 Å². The van der Waals surface area contributed by atoms with E-state index in [1.807, 2.05) is 60.8 Å². The van der Waals surface area contributed by atoms with Crippen LogP contribution in [0.5, 0.6) is 0 Å². The third-order valence-electron chi connectivity index (χ3n) is 7.34. The Morgan fingerprint density at radius 2 is 1.62 bits per heavy atom. The molecule has 0 amide bonds. The van der Waals surface area contributed by atoms with E-state index in [9.17, 15) is 0 Å². The Hall–Kier alpha value is -4.77. The molecule has 0 aliphatic carbocycles. The van der Waals surface area contributed by atoms with Crippen LogP contribution in [0.4, 0.5) is 0 Å². The Morgan fingerprint density at radius 1 is 0.775 bits per heavy atom. The molecule has 11 nitrogen and oxygen atoms in total. The average molecular weight is 532 g/mol. The van der Waals surface area contributed by atoms with Crippen LogP contribution in [0, 0.1) is 0 Å². The summed E-state index contributed by atoms with van der Waals surface area (Å²) in [6.07, 6.45) is 14.6. The van der Waals surface area contributed by atoms with E-state index >= 15 is 0 Å². The van der Waals surface area contributed by atoms with Crippen molar-refractivity contribution in [2.45, 2.75) is 25.8 Å². The van der Waals surface area contributed by atoms with Crippen LogP contribution < -0.4 is 0 Å². The van der Waals surface area contributed by atoms with E-state index in [0.29, 0.717) is 17.9 Å². The largest absolute Gasteiger partial charge is 0.301 e. The highest BCUT2D eigenvalue weighted by molar-refractivity contribution is 5.63. The molecule has 1 aliphatic heterocycles. The van der Waals surface area contributed by atoms with Gasteiger partial charge in [-0.25, -0.2) is 9.97 Å². The van der Waals surface area contributed by atoms with E-state index in [0.717, 1.165) is 52.4 Å². The van der Waals surface area contributed by atoms with Crippen LogP contribution in [-0.4, -0.2) is 73.9 Å². The second-order valence-electron chi connectivity index (χ2n) is 10.2. The van der Waals surface area contributed by atoms with Gasteiger partial charge < -0.3 is 4.90 Å². The van der Waals surface area contributed by atoms with Gasteiger partial charge in [-0.2, -0.15) is 19.8 Å². The minimum absolute atomic E-state index is 0.577. The highest BCUT2D eigenvalue weighted by Gasteiger charge is 2.13. The minimum atomic E-state index is 0.577. The van der Waals surface area contributed by atoms with Gasteiger partial charge in [-0.3, -0.25) is 9.36 Å². The lowest BCUT2D eigenvalue weighted by Crippen LogP contribution is -2.24. The first-order valence-corrected chi connectivity index (χ1v) is 13.5. The molecule has 1 aromatic carbocycles.